The molecular weight excluding hydrogens is 242 g/mol. The molecule has 104 valence electrons. The molecular formula is C14H27N3S. The zero-order valence-corrected chi connectivity index (χ0v) is 13.2. The van der Waals surface area contributed by atoms with Crippen molar-refractivity contribution in [1.29, 1.82) is 0 Å². The van der Waals surface area contributed by atoms with Crippen LogP contribution in [0, 0.1) is 0 Å². The number of nitrogens with zero attached hydrogens (tertiary/aromatic N) is 2. The van der Waals surface area contributed by atoms with Gasteiger partial charge in [-0.1, -0.05) is 20.8 Å². The first-order chi connectivity index (χ1) is 8.73. The average Bonchev–Trinajstić information content (AvgIpc) is 2.75. The van der Waals surface area contributed by atoms with Crippen molar-refractivity contribution in [2.45, 2.75) is 52.6 Å². The first kappa shape index (κ1) is 15.6. The number of thioether (sulfide) groups is 1. The molecule has 1 unspecified atom stereocenters. The predicted octanol–water partition coefficient (Wildman–Crippen LogP) is 3.04. The molecule has 4 heteroatoms. The summed E-state index contributed by atoms with van der Waals surface area (Å²) in [6.07, 6.45) is 5.35. The van der Waals surface area contributed by atoms with Crippen LogP contribution in [-0.4, -0.2) is 28.8 Å². The van der Waals surface area contributed by atoms with Crippen LogP contribution in [0.5, 0.6) is 0 Å². The highest BCUT2D eigenvalue weighted by atomic mass is 32.2. The number of aromatic nitrogens is 2. The van der Waals surface area contributed by atoms with Crippen molar-refractivity contribution in [3.05, 3.63) is 17.0 Å². The van der Waals surface area contributed by atoms with Gasteiger partial charge in [-0.2, -0.15) is 16.9 Å². The Balaban J connectivity index is 3.15. The molecule has 0 saturated heterocycles. The standard InChI is InChI=1S/C14H27N3S/c1-6-11(15-4)14-12(7-2)16-17(9-10-18-5)13(14)8-3/h11,15H,6-10H2,1-5H3. The minimum atomic E-state index is 0.443. The van der Waals surface area contributed by atoms with Crippen molar-refractivity contribution in [3.63, 3.8) is 0 Å². The Morgan fingerprint density at radius 3 is 2.44 bits per heavy atom. The molecule has 3 nitrogen and oxygen atoms in total. The average molecular weight is 269 g/mol. The van der Waals surface area contributed by atoms with Crippen molar-refractivity contribution in [2.24, 2.45) is 0 Å². The van der Waals surface area contributed by atoms with Crippen LogP contribution < -0.4 is 5.32 Å². The number of hydrogen-bond acceptors (Lipinski definition) is 3. The van der Waals surface area contributed by atoms with Gasteiger partial charge in [-0.05, 0) is 32.6 Å². The van der Waals surface area contributed by atoms with Crippen molar-refractivity contribution in [2.75, 3.05) is 19.1 Å². The zero-order valence-electron chi connectivity index (χ0n) is 12.4. The highest BCUT2D eigenvalue weighted by Gasteiger charge is 2.20. The van der Waals surface area contributed by atoms with E-state index in [1.165, 1.54) is 17.0 Å². The number of hydrogen-bond donors (Lipinski definition) is 1. The van der Waals surface area contributed by atoms with Gasteiger partial charge in [0, 0.05) is 23.1 Å². The zero-order chi connectivity index (χ0) is 13.5. The maximum atomic E-state index is 4.82. The van der Waals surface area contributed by atoms with Crippen molar-refractivity contribution < 1.29 is 0 Å². The highest BCUT2D eigenvalue weighted by molar-refractivity contribution is 7.98. The fourth-order valence-corrected chi connectivity index (χ4v) is 2.87. The lowest BCUT2D eigenvalue weighted by molar-refractivity contribution is 0.562. The molecule has 18 heavy (non-hydrogen) atoms. The number of nitrogens with one attached hydrogen (secondary N) is 1. The van der Waals surface area contributed by atoms with Crippen LogP contribution in [0.3, 0.4) is 0 Å². The van der Waals surface area contributed by atoms with E-state index >= 15 is 0 Å². The smallest absolute Gasteiger partial charge is 0.0672 e. The van der Waals surface area contributed by atoms with E-state index in [0.717, 1.165) is 31.6 Å². The van der Waals surface area contributed by atoms with Gasteiger partial charge in [-0.15, -0.1) is 0 Å². The van der Waals surface area contributed by atoms with Crippen LogP contribution in [0.15, 0.2) is 0 Å². The Hall–Kier alpha value is -0.480. The Bertz CT molecular complexity index is 356. The maximum absolute atomic E-state index is 4.82. The Morgan fingerprint density at radius 2 is 2.00 bits per heavy atom. The van der Waals surface area contributed by atoms with Gasteiger partial charge < -0.3 is 5.32 Å². The third-order valence-corrected chi connectivity index (χ3v) is 4.05. The summed E-state index contributed by atoms with van der Waals surface area (Å²) in [5.74, 6) is 1.13. The molecule has 0 bridgehead atoms. The molecule has 0 spiro atoms. The number of aryl methyl sites for hydroxylation is 2. The van der Waals surface area contributed by atoms with Crippen LogP contribution in [0.2, 0.25) is 0 Å². The minimum Gasteiger partial charge on any atom is -0.313 e. The molecule has 0 aromatic carbocycles. The quantitative estimate of drug-likeness (QED) is 0.786. The highest BCUT2D eigenvalue weighted by Crippen LogP contribution is 2.26. The van der Waals surface area contributed by atoms with E-state index in [2.05, 4.69) is 37.0 Å². The first-order valence-electron chi connectivity index (χ1n) is 6.97. The van der Waals surface area contributed by atoms with E-state index in [9.17, 15) is 0 Å². The van der Waals surface area contributed by atoms with E-state index in [4.69, 9.17) is 5.10 Å². The molecule has 1 aromatic rings. The molecule has 0 aliphatic rings. The SMILES string of the molecule is CCc1nn(CCSC)c(CC)c1C(CC)NC. The summed E-state index contributed by atoms with van der Waals surface area (Å²) in [6.45, 7) is 7.70. The second kappa shape index (κ2) is 7.85. The third kappa shape index (κ3) is 3.29. The molecule has 0 fully saturated rings. The largest absolute Gasteiger partial charge is 0.313 e. The van der Waals surface area contributed by atoms with Gasteiger partial charge in [0.05, 0.1) is 12.2 Å². The summed E-state index contributed by atoms with van der Waals surface area (Å²) in [7, 11) is 2.05. The summed E-state index contributed by atoms with van der Waals surface area (Å²) in [5.41, 5.74) is 4.14. The molecule has 1 N–H and O–H groups in total. The monoisotopic (exact) mass is 269 g/mol. The van der Waals surface area contributed by atoms with Crippen LogP contribution in [-0.2, 0) is 19.4 Å². The van der Waals surface area contributed by atoms with Gasteiger partial charge in [-0.25, -0.2) is 0 Å². The Kier molecular flexibility index (Phi) is 6.79. The molecule has 1 aromatic heterocycles. The summed E-state index contributed by atoms with van der Waals surface area (Å²) >= 11 is 1.88. The van der Waals surface area contributed by atoms with E-state index in [1.54, 1.807) is 0 Å². The fraction of sp³-hybridized carbons (Fsp3) is 0.786. The van der Waals surface area contributed by atoms with Gasteiger partial charge >= 0.3 is 0 Å². The van der Waals surface area contributed by atoms with Crippen molar-refractivity contribution in [1.82, 2.24) is 15.1 Å². The second-order valence-electron chi connectivity index (χ2n) is 4.48. The molecule has 1 heterocycles. The molecule has 0 radical (unpaired) electrons. The van der Waals surface area contributed by atoms with E-state index < -0.39 is 0 Å². The predicted molar refractivity (Wildman–Crippen MR) is 81.5 cm³/mol. The van der Waals surface area contributed by atoms with Crippen LogP contribution in [0.1, 0.15) is 50.2 Å². The Labute approximate surface area is 116 Å². The summed E-state index contributed by atoms with van der Waals surface area (Å²) in [4.78, 5) is 0. The summed E-state index contributed by atoms with van der Waals surface area (Å²) in [5, 5.41) is 8.25. The van der Waals surface area contributed by atoms with Gasteiger partial charge in [0.1, 0.15) is 0 Å². The molecule has 1 atom stereocenters. The van der Waals surface area contributed by atoms with Crippen molar-refractivity contribution in [3.8, 4) is 0 Å². The lowest BCUT2D eigenvalue weighted by Gasteiger charge is -2.16. The molecule has 0 saturated carbocycles. The number of rotatable bonds is 8. The molecule has 0 aliphatic carbocycles. The topological polar surface area (TPSA) is 29.9 Å². The maximum Gasteiger partial charge on any atom is 0.0672 e. The Morgan fingerprint density at radius 1 is 1.28 bits per heavy atom. The third-order valence-electron chi connectivity index (χ3n) is 3.46. The van der Waals surface area contributed by atoms with Crippen LogP contribution in [0.4, 0.5) is 0 Å². The van der Waals surface area contributed by atoms with Crippen LogP contribution in [0.25, 0.3) is 0 Å². The van der Waals surface area contributed by atoms with E-state index in [1.807, 2.05) is 18.8 Å². The van der Waals surface area contributed by atoms with Crippen LogP contribution >= 0.6 is 11.8 Å². The van der Waals surface area contributed by atoms with E-state index in [0.29, 0.717) is 6.04 Å². The lowest BCUT2D eigenvalue weighted by atomic mass is 9.99. The normalized spacial score (nSPS) is 12.9. The van der Waals surface area contributed by atoms with Gasteiger partial charge in [0.25, 0.3) is 0 Å². The first-order valence-corrected chi connectivity index (χ1v) is 8.37. The fourth-order valence-electron chi connectivity index (χ4n) is 2.52. The van der Waals surface area contributed by atoms with Gasteiger partial charge in [0.15, 0.2) is 0 Å². The molecule has 0 aliphatic heterocycles. The van der Waals surface area contributed by atoms with Gasteiger partial charge in [0.2, 0.25) is 0 Å². The molecule has 0 amide bonds. The minimum absolute atomic E-state index is 0.443. The molecule has 1 rings (SSSR count). The second-order valence-corrected chi connectivity index (χ2v) is 5.47. The van der Waals surface area contributed by atoms with Gasteiger partial charge in [-0.3, -0.25) is 4.68 Å². The summed E-state index contributed by atoms with van der Waals surface area (Å²) in [6, 6.07) is 0.443. The summed E-state index contributed by atoms with van der Waals surface area (Å²) < 4.78 is 2.23. The van der Waals surface area contributed by atoms with E-state index in [-0.39, 0.29) is 0 Å². The van der Waals surface area contributed by atoms with Crippen molar-refractivity contribution >= 4 is 11.8 Å². The lowest BCUT2D eigenvalue weighted by Crippen LogP contribution is -2.18.